The highest BCUT2D eigenvalue weighted by atomic mass is 32.1. The number of nitrogen functional groups attached to an aromatic ring is 2. The number of nitrogens with zero attached hydrogens (tertiary/aromatic N) is 1. The van der Waals surface area contributed by atoms with Crippen molar-refractivity contribution >= 4 is 23.7 Å². The van der Waals surface area contributed by atoms with E-state index in [2.05, 4.69) is 9.97 Å². The molecule has 0 atom stereocenters. The molecule has 0 aliphatic rings. The fourth-order valence-electron chi connectivity index (χ4n) is 0.973. The van der Waals surface area contributed by atoms with E-state index in [1.54, 1.807) is 0 Å². The highest BCUT2D eigenvalue weighted by Crippen LogP contribution is 2.22. The molecule has 66 valence electrons. The number of H-pyrrole nitrogens is 1. The van der Waals surface area contributed by atoms with Crippen LogP contribution in [-0.4, -0.2) is 9.97 Å². The standard InChI is InChI=1S/C7H12N4S/c1-3(2)5-4(8)6(9)11-7(12)10-5/h3H,8H2,1-2H3,(H3,9,10,11,12). The van der Waals surface area contributed by atoms with E-state index >= 15 is 0 Å². The third-order valence-corrected chi connectivity index (χ3v) is 1.80. The van der Waals surface area contributed by atoms with Gasteiger partial charge in [0.15, 0.2) is 10.6 Å². The van der Waals surface area contributed by atoms with Crippen molar-refractivity contribution in [2.75, 3.05) is 11.5 Å². The number of rotatable bonds is 1. The van der Waals surface area contributed by atoms with Crippen molar-refractivity contribution in [2.45, 2.75) is 19.8 Å². The van der Waals surface area contributed by atoms with Crippen LogP contribution in [0, 0.1) is 4.77 Å². The van der Waals surface area contributed by atoms with E-state index in [1.807, 2.05) is 13.8 Å². The summed E-state index contributed by atoms with van der Waals surface area (Å²) >= 11 is 4.86. The molecule has 0 fully saturated rings. The van der Waals surface area contributed by atoms with Crippen LogP contribution in [0.4, 0.5) is 11.5 Å². The summed E-state index contributed by atoms with van der Waals surface area (Å²) in [7, 11) is 0. The molecule has 0 spiro atoms. The molecule has 0 saturated carbocycles. The van der Waals surface area contributed by atoms with Crippen molar-refractivity contribution in [1.29, 1.82) is 0 Å². The van der Waals surface area contributed by atoms with E-state index < -0.39 is 0 Å². The summed E-state index contributed by atoms with van der Waals surface area (Å²) in [5.41, 5.74) is 12.6. The van der Waals surface area contributed by atoms with Gasteiger partial charge in [-0.05, 0) is 18.1 Å². The Bertz CT molecular complexity index is 342. The van der Waals surface area contributed by atoms with Crippen molar-refractivity contribution in [3.05, 3.63) is 10.5 Å². The Hall–Kier alpha value is -1.10. The number of nitrogens with one attached hydrogen (secondary N) is 1. The third-order valence-electron chi connectivity index (χ3n) is 1.61. The number of aromatic amines is 1. The zero-order chi connectivity index (χ0) is 9.30. The number of aromatic nitrogens is 2. The van der Waals surface area contributed by atoms with Crippen molar-refractivity contribution in [1.82, 2.24) is 9.97 Å². The molecule has 1 aromatic heterocycles. The summed E-state index contributed by atoms with van der Waals surface area (Å²) in [5, 5.41) is 0. The molecular formula is C7H12N4S. The van der Waals surface area contributed by atoms with E-state index in [-0.39, 0.29) is 5.92 Å². The fraction of sp³-hybridized carbons (Fsp3) is 0.429. The Morgan fingerprint density at radius 2 is 2.00 bits per heavy atom. The molecule has 0 aromatic carbocycles. The number of hydrogen-bond acceptors (Lipinski definition) is 4. The maximum Gasteiger partial charge on any atom is 0.199 e. The minimum absolute atomic E-state index is 0.275. The van der Waals surface area contributed by atoms with Crippen molar-refractivity contribution in [3.63, 3.8) is 0 Å². The van der Waals surface area contributed by atoms with Gasteiger partial charge in [-0.1, -0.05) is 13.8 Å². The SMILES string of the molecule is CC(C)c1[nH]c(=S)nc(N)c1N. The van der Waals surface area contributed by atoms with E-state index in [0.29, 0.717) is 16.3 Å². The lowest BCUT2D eigenvalue weighted by molar-refractivity contribution is 0.816. The van der Waals surface area contributed by atoms with Crippen molar-refractivity contribution in [3.8, 4) is 0 Å². The second-order valence-electron chi connectivity index (χ2n) is 2.91. The minimum atomic E-state index is 0.275. The van der Waals surface area contributed by atoms with Gasteiger partial charge >= 0.3 is 0 Å². The van der Waals surface area contributed by atoms with Crippen LogP contribution in [-0.2, 0) is 0 Å². The molecule has 1 rings (SSSR count). The lowest BCUT2D eigenvalue weighted by Crippen LogP contribution is -2.06. The molecule has 0 bridgehead atoms. The Morgan fingerprint density at radius 1 is 1.42 bits per heavy atom. The summed E-state index contributed by atoms with van der Waals surface area (Å²) < 4.78 is 0.380. The van der Waals surface area contributed by atoms with Crippen LogP contribution in [0.1, 0.15) is 25.5 Å². The quantitative estimate of drug-likeness (QED) is 0.577. The van der Waals surface area contributed by atoms with E-state index in [0.717, 1.165) is 5.69 Å². The Balaban J connectivity index is 3.38. The summed E-state index contributed by atoms with van der Waals surface area (Å²) in [4.78, 5) is 6.74. The topological polar surface area (TPSA) is 80.7 Å². The molecule has 4 nitrogen and oxygen atoms in total. The van der Waals surface area contributed by atoms with Crippen LogP contribution in [0.3, 0.4) is 0 Å². The Morgan fingerprint density at radius 3 is 2.50 bits per heavy atom. The zero-order valence-electron chi connectivity index (χ0n) is 7.09. The highest BCUT2D eigenvalue weighted by molar-refractivity contribution is 7.71. The van der Waals surface area contributed by atoms with Gasteiger partial charge in [0.05, 0.1) is 5.69 Å². The van der Waals surface area contributed by atoms with E-state index in [4.69, 9.17) is 23.7 Å². The van der Waals surface area contributed by atoms with Gasteiger partial charge in [0.1, 0.15) is 0 Å². The molecule has 5 N–H and O–H groups in total. The monoisotopic (exact) mass is 184 g/mol. The molecule has 0 amide bonds. The van der Waals surface area contributed by atoms with E-state index in [1.165, 1.54) is 0 Å². The van der Waals surface area contributed by atoms with Crippen molar-refractivity contribution in [2.24, 2.45) is 0 Å². The second-order valence-corrected chi connectivity index (χ2v) is 3.30. The molecular weight excluding hydrogens is 172 g/mol. The van der Waals surface area contributed by atoms with Gasteiger partial charge in [0.2, 0.25) is 0 Å². The summed E-state index contributed by atoms with van der Waals surface area (Å²) in [6.07, 6.45) is 0. The van der Waals surface area contributed by atoms with Crippen LogP contribution < -0.4 is 11.5 Å². The Labute approximate surface area is 76.0 Å². The van der Waals surface area contributed by atoms with Gasteiger partial charge in [-0.3, -0.25) is 0 Å². The Kier molecular flexibility index (Phi) is 2.32. The lowest BCUT2D eigenvalue weighted by atomic mass is 10.1. The second kappa shape index (κ2) is 3.10. The zero-order valence-corrected chi connectivity index (χ0v) is 7.90. The van der Waals surface area contributed by atoms with Crippen LogP contribution in [0.2, 0.25) is 0 Å². The van der Waals surface area contributed by atoms with Gasteiger partial charge in [-0.2, -0.15) is 0 Å². The van der Waals surface area contributed by atoms with Gasteiger partial charge in [0.25, 0.3) is 0 Å². The van der Waals surface area contributed by atoms with Crippen molar-refractivity contribution < 1.29 is 0 Å². The number of anilines is 2. The number of nitrogens with two attached hydrogens (primary N) is 2. The first-order valence-electron chi connectivity index (χ1n) is 3.67. The first-order valence-corrected chi connectivity index (χ1v) is 4.08. The van der Waals surface area contributed by atoms with Crippen LogP contribution in [0.15, 0.2) is 0 Å². The minimum Gasteiger partial charge on any atom is -0.394 e. The first kappa shape index (κ1) is 8.99. The predicted molar refractivity (Wildman–Crippen MR) is 52.3 cm³/mol. The fourth-order valence-corrected chi connectivity index (χ4v) is 1.18. The predicted octanol–water partition coefficient (Wildman–Crippen LogP) is 1.43. The van der Waals surface area contributed by atoms with Gasteiger partial charge in [-0.15, -0.1) is 0 Å². The van der Waals surface area contributed by atoms with Gasteiger partial charge in [-0.25, -0.2) is 4.98 Å². The maximum atomic E-state index is 5.69. The number of hydrogen-bond donors (Lipinski definition) is 3. The first-order chi connectivity index (χ1) is 5.52. The molecule has 0 saturated heterocycles. The normalized spacial score (nSPS) is 10.6. The summed E-state index contributed by atoms with van der Waals surface area (Å²) in [6, 6.07) is 0. The summed E-state index contributed by atoms with van der Waals surface area (Å²) in [6.45, 7) is 4.02. The third kappa shape index (κ3) is 1.55. The molecule has 5 heteroatoms. The molecule has 12 heavy (non-hydrogen) atoms. The highest BCUT2D eigenvalue weighted by Gasteiger charge is 2.07. The van der Waals surface area contributed by atoms with Crippen LogP contribution in [0.25, 0.3) is 0 Å². The van der Waals surface area contributed by atoms with Gasteiger partial charge in [0, 0.05) is 5.69 Å². The molecule has 0 aliphatic carbocycles. The van der Waals surface area contributed by atoms with Crippen LogP contribution >= 0.6 is 12.2 Å². The molecule has 1 heterocycles. The maximum absolute atomic E-state index is 5.69. The molecule has 0 aliphatic heterocycles. The molecule has 0 radical (unpaired) electrons. The van der Waals surface area contributed by atoms with E-state index in [9.17, 15) is 0 Å². The molecule has 0 unspecified atom stereocenters. The lowest BCUT2D eigenvalue weighted by Gasteiger charge is -2.09. The molecule has 1 aromatic rings. The summed E-state index contributed by atoms with van der Waals surface area (Å²) in [5.74, 6) is 0.583. The smallest absolute Gasteiger partial charge is 0.199 e. The van der Waals surface area contributed by atoms with Crippen LogP contribution in [0.5, 0.6) is 0 Å². The average molecular weight is 184 g/mol. The van der Waals surface area contributed by atoms with Gasteiger partial charge < -0.3 is 16.5 Å². The average Bonchev–Trinajstić information content (AvgIpc) is 1.96. The largest absolute Gasteiger partial charge is 0.394 e.